The maximum absolute atomic E-state index is 5.07. The summed E-state index contributed by atoms with van der Waals surface area (Å²) >= 11 is 0. The second-order valence-electron chi connectivity index (χ2n) is 5.94. The van der Waals surface area contributed by atoms with Gasteiger partial charge in [0.2, 0.25) is 0 Å². The normalized spacial score (nSPS) is 18.0. The van der Waals surface area contributed by atoms with Crippen LogP contribution in [0.25, 0.3) is 0 Å². The van der Waals surface area contributed by atoms with Crippen LogP contribution in [0.4, 0.5) is 5.82 Å². The fourth-order valence-corrected chi connectivity index (χ4v) is 2.89. The molecule has 0 amide bonds. The van der Waals surface area contributed by atoms with Crippen LogP contribution in [-0.4, -0.2) is 51.5 Å². The summed E-state index contributed by atoms with van der Waals surface area (Å²) in [6.07, 6.45) is 5.13. The molecule has 1 fully saturated rings. The summed E-state index contributed by atoms with van der Waals surface area (Å²) in [4.78, 5) is 11.5. The molecule has 0 aromatic carbocycles. The highest BCUT2D eigenvalue weighted by atomic mass is 16.5. The molecule has 0 bridgehead atoms. The Morgan fingerprint density at radius 2 is 2.26 bits per heavy atom. The van der Waals surface area contributed by atoms with E-state index in [9.17, 15) is 0 Å². The zero-order valence-electron chi connectivity index (χ0n) is 14.0. The lowest BCUT2D eigenvalue weighted by Crippen LogP contribution is -2.40. The average Bonchev–Trinajstić information content (AvgIpc) is 2.89. The smallest absolute Gasteiger partial charge is 0.130 e. The van der Waals surface area contributed by atoms with Gasteiger partial charge in [0.25, 0.3) is 0 Å². The van der Waals surface area contributed by atoms with Crippen molar-refractivity contribution in [1.82, 2.24) is 24.6 Å². The van der Waals surface area contributed by atoms with Crippen LogP contribution in [0.15, 0.2) is 18.5 Å². The predicted molar refractivity (Wildman–Crippen MR) is 88.1 cm³/mol. The van der Waals surface area contributed by atoms with Gasteiger partial charge in [-0.2, -0.15) is 5.10 Å². The van der Waals surface area contributed by atoms with Crippen LogP contribution >= 0.6 is 0 Å². The molecular formula is C16H24N6O. The van der Waals surface area contributed by atoms with Gasteiger partial charge in [0.1, 0.15) is 11.6 Å². The van der Waals surface area contributed by atoms with Gasteiger partial charge in [-0.05, 0) is 13.3 Å². The summed E-state index contributed by atoms with van der Waals surface area (Å²) in [5.41, 5.74) is 2.33. The van der Waals surface area contributed by atoms with Crippen molar-refractivity contribution in [3.8, 4) is 0 Å². The number of ether oxygens (including phenoxy) is 1. The Labute approximate surface area is 136 Å². The van der Waals surface area contributed by atoms with Crippen molar-refractivity contribution in [2.75, 3.05) is 32.1 Å². The Morgan fingerprint density at radius 3 is 2.91 bits per heavy atom. The minimum atomic E-state index is 0.361. The molecule has 1 saturated heterocycles. The number of aryl methyl sites for hydroxylation is 2. The molecule has 0 aliphatic carbocycles. The van der Waals surface area contributed by atoms with Gasteiger partial charge in [0.15, 0.2) is 0 Å². The molecule has 7 nitrogen and oxygen atoms in total. The highest BCUT2D eigenvalue weighted by molar-refractivity contribution is 5.37. The molecule has 2 aromatic heterocycles. The van der Waals surface area contributed by atoms with E-state index in [1.807, 2.05) is 24.9 Å². The summed E-state index contributed by atoms with van der Waals surface area (Å²) in [7, 11) is 3.64. The van der Waals surface area contributed by atoms with E-state index in [2.05, 4.69) is 37.5 Å². The Balaban J connectivity index is 1.68. The number of likely N-dealkylation sites (tertiary alicyclic amines) is 1. The molecule has 124 valence electrons. The molecular weight excluding hydrogens is 292 g/mol. The van der Waals surface area contributed by atoms with Gasteiger partial charge in [0.05, 0.1) is 24.5 Å². The van der Waals surface area contributed by atoms with Crippen molar-refractivity contribution in [3.63, 3.8) is 0 Å². The molecule has 23 heavy (non-hydrogen) atoms. The van der Waals surface area contributed by atoms with Crippen LogP contribution in [0.1, 0.15) is 29.5 Å². The van der Waals surface area contributed by atoms with Crippen molar-refractivity contribution in [2.24, 2.45) is 7.05 Å². The van der Waals surface area contributed by atoms with E-state index in [0.29, 0.717) is 12.6 Å². The number of nitrogens with zero attached hydrogens (tertiary/aromatic N) is 5. The monoisotopic (exact) mass is 316 g/mol. The first-order valence-corrected chi connectivity index (χ1v) is 7.95. The maximum Gasteiger partial charge on any atom is 0.130 e. The maximum atomic E-state index is 5.07. The lowest BCUT2D eigenvalue weighted by Gasteiger charge is -2.40. The molecule has 0 radical (unpaired) electrons. The molecule has 1 N–H and O–H groups in total. The minimum Gasteiger partial charge on any atom is -0.383 e. The van der Waals surface area contributed by atoms with E-state index >= 15 is 0 Å². The highest BCUT2D eigenvalue weighted by Crippen LogP contribution is 2.34. The Kier molecular flexibility index (Phi) is 4.88. The van der Waals surface area contributed by atoms with Gasteiger partial charge in [-0.25, -0.2) is 9.97 Å². The lowest BCUT2D eigenvalue weighted by atomic mass is 9.98. The summed E-state index contributed by atoms with van der Waals surface area (Å²) in [6, 6.07) is 2.42. The Morgan fingerprint density at radius 1 is 1.39 bits per heavy atom. The zero-order valence-corrected chi connectivity index (χ0v) is 14.0. The van der Waals surface area contributed by atoms with Crippen LogP contribution < -0.4 is 5.32 Å². The summed E-state index contributed by atoms with van der Waals surface area (Å²) < 4.78 is 6.91. The third kappa shape index (κ3) is 3.86. The number of aromatic nitrogens is 4. The van der Waals surface area contributed by atoms with E-state index in [0.717, 1.165) is 43.4 Å². The van der Waals surface area contributed by atoms with Crippen molar-refractivity contribution in [3.05, 3.63) is 35.5 Å². The molecule has 3 heterocycles. The molecule has 7 heteroatoms. The second-order valence-corrected chi connectivity index (χ2v) is 5.94. The van der Waals surface area contributed by atoms with Crippen LogP contribution in [0.2, 0.25) is 0 Å². The summed E-state index contributed by atoms with van der Waals surface area (Å²) in [5, 5.41) is 7.53. The van der Waals surface area contributed by atoms with E-state index in [1.54, 1.807) is 7.11 Å². The highest BCUT2D eigenvalue weighted by Gasteiger charge is 2.31. The molecule has 1 atom stereocenters. The van der Waals surface area contributed by atoms with Crippen molar-refractivity contribution >= 4 is 5.82 Å². The summed E-state index contributed by atoms with van der Waals surface area (Å²) in [5.74, 6) is 1.67. The number of hydrogen-bond donors (Lipinski definition) is 1. The Bertz CT molecular complexity index is 656. The minimum absolute atomic E-state index is 0.361. The number of methoxy groups -OCH3 is 1. The largest absolute Gasteiger partial charge is 0.383 e. The first-order valence-electron chi connectivity index (χ1n) is 7.95. The summed E-state index contributed by atoms with van der Waals surface area (Å²) in [6.45, 7) is 5.35. The Hall–Kier alpha value is -1.99. The molecule has 0 unspecified atom stereocenters. The molecule has 1 aliphatic rings. The fourth-order valence-electron chi connectivity index (χ4n) is 2.89. The number of hydrogen-bond acceptors (Lipinski definition) is 6. The molecule has 0 spiro atoms. The third-order valence-corrected chi connectivity index (χ3v) is 4.09. The molecule has 3 rings (SSSR count). The lowest BCUT2D eigenvalue weighted by molar-refractivity contribution is 0.0785. The van der Waals surface area contributed by atoms with Crippen LogP contribution in [0.5, 0.6) is 0 Å². The first-order chi connectivity index (χ1) is 11.2. The molecule has 0 saturated carbocycles. The SMILES string of the molecule is COCCNc1cc([C@H]2CCN2Cc2cnn(C)c2)nc(C)n1. The van der Waals surface area contributed by atoms with Gasteiger partial charge in [0, 0.05) is 51.6 Å². The third-order valence-electron chi connectivity index (χ3n) is 4.09. The topological polar surface area (TPSA) is 68.1 Å². The standard InChI is InChI=1S/C16H24N6O/c1-12-19-14(8-16(20-12)17-5-7-23-3)15-4-6-22(15)11-13-9-18-21(2)10-13/h8-10,15H,4-7,11H2,1-3H3,(H,17,19,20)/t15-/m1/s1. The van der Waals surface area contributed by atoms with E-state index in [1.165, 1.54) is 5.56 Å². The predicted octanol–water partition coefficient (Wildman–Crippen LogP) is 1.52. The van der Waals surface area contributed by atoms with Gasteiger partial charge in [-0.1, -0.05) is 0 Å². The van der Waals surface area contributed by atoms with Gasteiger partial charge in [-0.3, -0.25) is 9.58 Å². The van der Waals surface area contributed by atoms with Gasteiger partial charge >= 0.3 is 0 Å². The van der Waals surface area contributed by atoms with Crippen molar-refractivity contribution < 1.29 is 4.74 Å². The quantitative estimate of drug-likeness (QED) is 0.781. The van der Waals surface area contributed by atoms with E-state index in [4.69, 9.17) is 4.74 Å². The zero-order chi connectivity index (χ0) is 16.2. The number of nitrogens with one attached hydrogen (secondary N) is 1. The first kappa shape index (κ1) is 15.9. The average molecular weight is 316 g/mol. The van der Waals surface area contributed by atoms with Crippen LogP contribution in [0, 0.1) is 6.92 Å². The number of anilines is 1. The van der Waals surface area contributed by atoms with Crippen LogP contribution in [0.3, 0.4) is 0 Å². The van der Waals surface area contributed by atoms with E-state index in [-0.39, 0.29) is 0 Å². The van der Waals surface area contributed by atoms with Crippen molar-refractivity contribution in [2.45, 2.75) is 25.9 Å². The second kappa shape index (κ2) is 7.06. The van der Waals surface area contributed by atoms with E-state index < -0.39 is 0 Å². The molecule has 1 aliphatic heterocycles. The van der Waals surface area contributed by atoms with Crippen LogP contribution in [-0.2, 0) is 18.3 Å². The number of rotatable bonds is 7. The van der Waals surface area contributed by atoms with Gasteiger partial charge in [-0.15, -0.1) is 0 Å². The fraction of sp³-hybridized carbons (Fsp3) is 0.562. The van der Waals surface area contributed by atoms with Crippen molar-refractivity contribution in [1.29, 1.82) is 0 Å². The van der Waals surface area contributed by atoms with Gasteiger partial charge < -0.3 is 10.1 Å². The molecule has 2 aromatic rings.